The van der Waals surface area contributed by atoms with Crippen molar-refractivity contribution in [2.45, 2.75) is 38.3 Å². The summed E-state index contributed by atoms with van der Waals surface area (Å²) >= 11 is 5.94. The first-order chi connectivity index (χ1) is 8.65. The van der Waals surface area contributed by atoms with Crippen LogP contribution in [0.4, 0.5) is 5.82 Å². The Morgan fingerprint density at radius 2 is 2.22 bits per heavy atom. The van der Waals surface area contributed by atoms with Gasteiger partial charge in [0.1, 0.15) is 16.8 Å². The molecule has 5 nitrogen and oxygen atoms in total. The fourth-order valence-electron chi connectivity index (χ4n) is 2.31. The van der Waals surface area contributed by atoms with Gasteiger partial charge < -0.3 is 10.1 Å². The molecule has 0 spiro atoms. The van der Waals surface area contributed by atoms with Crippen LogP contribution in [0.25, 0.3) is 0 Å². The van der Waals surface area contributed by atoms with Crippen LogP contribution < -0.4 is 5.32 Å². The van der Waals surface area contributed by atoms with Gasteiger partial charge in [-0.15, -0.1) is 0 Å². The molecule has 1 N–H and O–H groups in total. The zero-order valence-electron chi connectivity index (χ0n) is 10.4. The number of rotatable bonds is 4. The van der Waals surface area contributed by atoms with Gasteiger partial charge in [0.25, 0.3) is 0 Å². The highest BCUT2D eigenvalue weighted by atomic mass is 35.5. The highest BCUT2D eigenvalue weighted by Gasteiger charge is 2.28. The lowest BCUT2D eigenvalue weighted by Gasteiger charge is -2.21. The third-order valence-corrected chi connectivity index (χ3v) is 3.49. The van der Waals surface area contributed by atoms with Crippen LogP contribution in [-0.4, -0.2) is 35.5 Å². The highest BCUT2D eigenvalue weighted by Crippen LogP contribution is 2.27. The SMILES string of the molecule is COC1CCCC1Nc1nc(C)nc(Cl)c1C=O. The van der Waals surface area contributed by atoms with Gasteiger partial charge >= 0.3 is 0 Å². The van der Waals surface area contributed by atoms with Gasteiger partial charge in [-0.25, -0.2) is 9.97 Å². The van der Waals surface area contributed by atoms with Gasteiger partial charge in [0.2, 0.25) is 0 Å². The second kappa shape index (κ2) is 5.63. The highest BCUT2D eigenvalue weighted by molar-refractivity contribution is 6.32. The maximum Gasteiger partial charge on any atom is 0.156 e. The Hall–Kier alpha value is -1.20. The molecule has 0 aliphatic heterocycles. The number of carbonyl (C=O) groups excluding carboxylic acids is 1. The molecule has 18 heavy (non-hydrogen) atoms. The zero-order chi connectivity index (χ0) is 13.1. The Kier molecular flexibility index (Phi) is 4.14. The lowest BCUT2D eigenvalue weighted by Crippen LogP contribution is -2.30. The van der Waals surface area contributed by atoms with Gasteiger partial charge in [0.05, 0.1) is 17.7 Å². The van der Waals surface area contributed by atoms with E-state index in [0.717, 1.165) is 19.3 Å². The van der Waals surface area contributed by atoms with Crippen LogP contribution in [0, 0.1) is 6.92 Å². The molecule has 1 aromatic rings. The van der Waals surface area contributed by atoms with E-state index in [0.29, 0.717) is 23.5 Å². The number of nitrogens with one attached hydrogen (secondary N) is 1. The number of carbonyl (C=O) groups is 1. The molecule has 1 heterocycles. The Morgan fingerprint density at radius 3 is 2.89 bits per heavy atom. The molecular formula is C12H16ClN3O2. The summed E-state index contributed by atoms with van der Waals surface area (Å²) in [6.07, 6.45) is 3.95. The third-order valence-electron chi connectivity index (χ3n) is 3.21. The normalized spacial score (nSPS) is 23.1. The minimum absolute atomic E-state index is 0.151. The van der Waals surface area contributed by atoms with E-state index in [9.17, 15) is 4.79 Å². The predicted molar refractivity (Wildman–Crippen MR) is 69.2 cm³/mol. The summed E-state index contributed by atoms with van der Waals surface area (Å²) in [5.41, 5.74) is 0.309. The summed E-state index contributed by atoms with van der Waals surface area (Å²) in [7, 11) is 1.70. The number of halogens is 1. The van der Waals surface area contributed by atoms with E-state index >= 15 is 0 Å². The summed E-state index contributed by atoms with van der Waals surface area (Å²) in [5, 5.41) is 3.44. The van der Waals surface area contributed by atoms with Crippen molar-refractivity contribution in [3.63, 3.8) is 0 Å². The van der Waals surface area contributed by atoms with Crippen LogP contribution in [0.2, 0.25) is 5.15 Å². The molecule has 1 aromatic heterocycles. The second-order valence-electron chi connectivity index (χ2n) is 4.40. The predicted octanol–water partition coefficient (Wildman–Crippen LogP) is 2.23. The van der Waals surface area contributed by atoms with Crippen molar-refractivity contribution < 1.29 is 9.53 Å². The van der Waals surface area contributed by atoms with E-state index in [1.807, 2.05) is 0 Å². The average Bonchev–Trinajstić information content (AvgIpc) is 2.76. The van der Waals surface area contributed by atoms with Crippen molar-refractivity contribution in [3.05, 3.63) is 16.5 Å². The molecule has 98 valence electrons. The van der Waals surface area contributed by atoms with E-state index in [1.165, 1.54) is 0 Å². The fraction of sp³-hybridized carbons (Fsp3) is 0.583. The maximum atomic E-state index is 11.0. The molecule has 2 atom stereocenters. The van der Waals surface area contributed by atoms with Crippen LogP contribution >= 0.6 is 11.6 Å². The Balaban J connectivity index is 2.25. The van der Waals surface area contributed by atoms with E-state index < -0.39 is 0 Å². The standard InChI is InChI=1S/C12H16ClN3O2/c1-7-14-11(13)8(6-17)12(15-7)16-9-4-3-5-10(9)18-2/h6,9-10H,3-5H2,1-2H3,(H,14,15,16). The molecule has 0 saturated heterocycles. The van der Waals surface area contributed by atoms with Crippen LogP contribution in [0.1, 0.15) is 35.4 Å². The lowest BCUT2D eigenvalue weighted by atomic mass is 10.2. The van der Waals surface area contributed by atoms with Gasteiger partial charge in [-0.2, -0.15) is 0 Å². The molecule has 1 fully saturated rings. The minimum atomic E-state index is 0.151. The number of nitrogens with zero attached hydrogens (tertiary/aromatic N) is 2. The van der Waals surface area contributed by atoms with Gasteiger partial charge in [-0.1, -0.05) is 11.6 Å². The minimum Gasteiger partial charge on any atom is -0.379 e. The summed E-state index contributed by atoms with van der Waals surface area (Å²) in [6.45, 7) is 1.74. The number of aromatic nitrogens is 2. The number of methoxy groups -OCH3 is 1. The van der Waals surface area contributed by atoms with Gasteiger partial charge in [0.15, 0.2) is 6.29 Å². The van der Waals surface area contributed by atoms with Crippen molar-refractivity contribution in [2.75, 3.05) is 12.4 Å². The topological polar surface area (TPSA) is 64.1 Å². The molecule has 2 unspecified atom stereocenters. The first-order valence-electron chi connectivity index (χ1n) is 5.94. The zero-order valence-corrected chi connectivity index (χ0v) is 11.2. The third kappa shape index (κ3) is 2.62. The van der Waals surface area contributed by atoms with Gasteiger partial charge in [-0.3, -0.25) is 4.79 Å². The Morgan fingerprint density at radius 1 is 1.44 bits per heavy atom. The summed E-state index contributed by atoms with van der Waals surface area (Å²) < 4.78 is 5.40. The number of hydrogen-bond acceptors (Lipinski definition) is 5. The molecule has 6 heteroatoms. The van der Waals surface area contributed by atoms with Gasteiger partial charge in [0, 0.05) is 7.11 Å². The summed E-state index contributed by atoms with van der Waals surface area (Å²) in [6, 6.07) is 0.166. The molecule has 1 aliphatic carbocycles. The molecule has 0 radical (unpaired) electrons. The largest absolute Gasteiger partial charge is 0.379 e. The molecule has 0 bridgehead atoms. The molecule has 1 saturated carbocycles. The number of anilines is 1. The van der Waals surface area contributed by atoms with Crippen LogP contribution in [0.5, 0.6) is 0 Å². The van der Waals surface area contributed by atoms with Gasteiger partial charge in [-0.05, 0) is 26.2 Å². The Labute approximate surface area is 111 Å². The quantitative estimate of drug-likeness (QED) is 0.671. The maximum absolute atomic E-state index is 11.0. The lowest BCUT2D eigenvalue weighted by molar-refractivity contribution is 0.101. The second-order valence-corrected chi connectivity index (χ2v) is 4.76. The van der Waals surface area contributed by atoms with E-state index in [1.54, 1.807) is 14.0 Å². The van der Waals surface area contributed by atoms with Crippen LogP contribution in [-0.2, 0) is 4.74 Å². The van der Waals surface area contributed by atoms with Crippen LogP contribution in [0.15, 0.2) is 0 Å². The number of hydrogen-bond donors (Lipinski definition) is 1. The smallest absolute Gasteiger partial charge is 0.156 e. The van der Waals surface area contributed by atoms with Crippen molar-refractivity contribution in [3.8, 4) is 0 Å². The van der Waals surface area contributed by atoms with E-state index in [-0.39, 0.29) is 17.3 Å². The monoisotopic (exact) mass is 269 g/mol. The first-order valence-corrected chi connectivity index (χ1v) is 6.32. The molecule has 0 amide bonds. The molecular weight excluding hydrogens is 254 g/mol. The number of ether oxygens (including phenoxy) is 1. The summed E-state index contributed by atoms with van der Waals surface area (Å²) in [5.74, 6) is 1.04. The van der Waals surface area contributed by atoms with E-state index in [2.05, 4.69) is 15.3 Å². The van der Waals surface area contributed by atoms with Crippen molar-refractivity contribution >= 4 is 23.7 Å². The molecule has 1 aliphatic rings. The van der Waals surface area contributed by atoms with Crippen LogP contribution in [0.3, 0.4) is 0 Å². The van der Waals surface area contributed by atoms with E-state index in [4.69, 9.17) is 16.3 Å². The molecule has 2 rings (SSSR count). The Bertz CT molecular complexity index is 453. The number of aryl methyl sites for hydroxylation is 1. The average molecular weight is 270 g/mol. The fourth-order valence-corrected chi connectivity index (χ4v) is 2.57. The van der Waals surface area contributed by atoms with Crippen molar-refractivity contribution in [1.82, 2.24) is 9.97 Å². The van der Waals surface area contributed by atoms with Crippen molar-refractivity contribution in [2.24, 2.45) is 0 Å². The number of aldehydes is 1. The first kappa shape index (κ1) is 13.2. The molecule has 0 aromatic carbocycles. The summed E-state index contributed by atoms with van der Waals surface area (Å²) in [4.78, 5) is 19.3. The van der Waals surface area contributed by atoms with Crippen molar-refractivity contribution in [1.29, 1.82) is 0 Å².